The summed E-state index contributed by atoms with van der Waals surface area (Å²) in [7, 11) is 0. The van der Waals surface area contributed by atoms with Crippen molar-refractivity contribution >= 4 is 11.3 Å². The van der Waals surface area contributed by atoms with Crippen LogP contribution in [0.2, 0.25) is 0 Å². The second kappa shape index (κ2) is 3.86. The second-order valence-electron chi connectivity index (χ2n) is 3.73. The second-order valence-corrected chi connectivity index (χ2v) is 4.68. The molecule has 13 heavy (non-hydrogen) atoms. The molecule has 0 aliphatic heterocycles. The molecule has 4 heteroatoms. The number of nitrogens with zero attached hydrogens (tertiary/aromatic N) is 2. The minimum atomic E-state index is -0.224. The lowest BCUT2D eigenvalue weighted by molar-refractivity contribution is 0.511. The van der Waals surface area contributed by atoms with Crippen LogP contribution in [0.4, 0.5) is 0 Å². The first kappa shape index (κ1) is 10.2. The van der Waals surface area contributed by atoms with Crippen LogP contribution in [-0.4, -0.2) is 10.5 Å². The van der Waals surface area contributed by atoms with Crippen molar-refractivity contribution in [3.63, 3.8) is 0 Å². The summed E-state index contributed by atoms with van der Waals surface area (Å²) in [4.78, 5) is 4.30. The molecule has 2 N–H and O–H groups in total. The summed E-state index contributed by atoms with van der Waals surface area (Å²) in [6.07, 6.45) is 1.16. The van der Waals surface area contributed by atoms with E-state index in [2.05, 4.69) is 11.1 Å². The molecule has 0 bridgehead atoms. The summed E-state index contributed by atoms with van der Waals surface area (Å²) >= 11 is 1.53. The molecule has 0 spiro atoms. The number of nitriles is 1. The van der Waals surface area contributed by atoms with Crippen molar-refractivity contribution < 1.29 is 0 Å². The van der Waals surface area contributed by atoms with E-state index in [0.29, 0.717) is 6.42 Å². The fourth-order valence-electron chi connectivity index (χ4n) is 1.05. The highest BCUT2D eigenvalue weighted by Gasteiger charge is 2.13. The van der Waals surface area contributed by atoms with Crippen molar-refractivity contribution in [1.29, 1.82) is 5.26 Å². The highest BCUT2D eigenvalue weighted by Crippen LogP contribution is 2.14. The van der Waals surface area contributed by atoms with E-state index < -0.39 is 0 Å². The molecule has 1 aromatic rings. The summed E-state index contributed by atoms with van der Waals surface area (Å²) in [5.41, 5.74) is 6.61. The smallest absolute Gasteiger partial charge is 0.107 e. The van der Waals surface area contributed by atoms with Gasteiger partial charge in [0.2, 0.25) is 0 Å². The molecule has 1 aromatic heterocycles. The Hall–Kier alpha value is -0.920. The van der Waals surface area contributed by atoms with Gasteiger partial charge in [0.25, 0.3) is 0 Å². The molecule has 0 unspecified atom stereocenters. The molecule has 0 fully saturated rings. The molecule has 70 valence electrons. The Bertz CT molecular complexity index is 316. The van der Waals surface area contributed by atoms with E-state index in [1.807, 2.05) is 19.2 Å². The number of hydrogen-bond acceptors (Lipinski definition) is 4. The molecule has 0 saturated carbocycles. The topological polar surface area (TPSA) is 62.7 Å². The lowest BCUT2D eigenvalue weighted by Crippen LogP contribution is -2.34. The summed E-state index contributed by atoms with van der Waals surface area (Å²) in [6.45, 7) is 3.94. The number of rotatable bonds is 3. The molecule has 3 nitrogen and oxygen atoms in total. The Morgan fingerprint density at radius 3 is 2.92 bits per heavy atom. The van der Waals surface area contributed by atoms with Gasteiger partial charge >= 0.3 is 0 Å². The zero-order valence-electron chi connectivity index (χ0n) is 7.87. The van der Waals surface area contributed by atoms with Crippen LogP contribution in [0.15, 0.2) is 5.38 Å². The number of aromatic nitrogens is 1. The van der Waals surface area contributed by atoms with Crippen LogP contribution in [0.25, 0.3) is 0 Å². The van der Waals surface area contributed by atoms with Gasteiger partial charge in [0.05, 0.1) is 18.2 Å². The number of hydrogen-bond donors (Lipinski definition) is 1. The molecule has 0 aliphatic carbocycles. The van der Waals surface area contributed by atoms with Crippen LogP contribution < -0.4 is 5.73 Å². The third-order valence-electron chi connectivity index (χ3n) is 1.47. The van der Waals surface area contributed by atoms with Crippen molar-refractivity contribution in [3.8, 4) is 6.07 Å². The van der Waals surface area contributed by atoms with Crippen molar-refractivity contribution in [2.75, 3.05) is 0 Å². The predicted octanol–water partition coefficient (Wildman–Crippen LogP) is 1.49. The normalized spacial score (nSPS) is 11.2. The van der Waals surface area contributed by atoms with Gasteiger partial charge in [0.1, 0.15) is 5.01 Å². The van der Waals surface area contributed by atoms with Crippen LogP contribution in [0.1, 0.15) is 24.5 Å². The molecule has 0 amide bonds. The van der Waals surface area contributed by atoms with E-state index >= 15 is 0 Å². The SMILES string of the molecule is CC(C)(N)Cc1csc(CC#N)n1. The maximum Gasteiger partial charge on any atom is 0.107 e. The van der Waals surface area contributed by atoms with Gasteiger partial charge in [-0.1, -0.05) is 0 Å². The van der Waals surface area contributed by atoms with Crippen LogP contribution in [0.3, 0.4) is 0 Å². The minimum absolute atomic E-state index is 0.224. The van der Waals surface area contributed by atoms with E-state index in [-0.39, 0.29) is 5.54 Å². The maximum atomic E-state index is 8.45. The molecule has 1 rings (SSSR count). The molecule has 0 aliphatic rings. The van der Waals surface area contributed by atoms with Crippen molar-refractivity contribution in [2.45, 2.75) is 32.2 Å². The van der Waals surface area contributed by atoms with Gasteiger partial charge in [0, 0.05) is 17.3 Å². The van der Waals surface area contributed by atoms with Gasteiger partial charge in [-0.15, -0.1) is 11.3 Å². The van der Waals surface area contributed by atoms with Crippen molar-refractivity contribution in [1.82, 2.24) is 4.98 Å². The summed E-state index contributed by atoms with van der Waals surface area (Å²) in [5, 5.41) is 11.3. The lowest BCUT2D eigenvalue weighted by atomic mass is 10.0. The summed E-state index contributed by atoms with van der Waals surface area (Å²) < 4.78 is 0. The molecule has 0 aromatic carbocycles. The first-order chi connectivity index (χ1) is 6.01. The van der Waals surface area contributed by atoms with Gasteiger partial charge < -0.3 is 5.73 Å². The number of nitrogens with two attached hydrogens (primary N) is 1. The fourth-order valence-corrected chi connectivity index (χ4v) is 1.77. The van der Waals surface area contributed by atoms with Gasteiger partial charge in [-0.2, -0.15) is 5.26 Å². The molecule has 0 atom stereocenters. The van der Waals surface area contributed by atoms with E-state index in [9.17, 15) is 0 Å². The van der Waals surface area contributed by atoms with Crippen molar-refractivity contribution in [3.05, 3.63) is 16.1 Å². The molecule has 1 heterocycles. The lowest BCUT2D eigenvalue weighted by Gasteiger charge is -2.15. The fraction of sp³-hybridized carbons (Fsp3) is 0.556. The van der Waals surface area contributed by atoms with Gasteiger partial charge in [-0.3, -0.25) is 0 Å². The highest BCUT2D eigenvalue weighted by molar-refractivity contribution is 7.09. The highest BCUT2D eigenvalue weighted by atomic mass is 32.1. The van der Waals surface area contributed by atoms with Crippen molar-refractivity contribution in [2.24, 2.45) is 5.73 Å². The summed E-state index contributed by atoms with van der Waals surface area (Å²) in [6, 6.07) is 2.08. The van der Waals surface area contributed by atoms with Crippen LogP contribution in [0, 0.1) is 11.3 Å². The Morgan fingerprint density at radius 2 is 2.38 bits per heavy atom. The Balaban J connectivity index is 2.65. The zero-order valence-corrected chi connectivity index (χ0v) is 8.69. The average molecular weight is 195 g/mol. The van der Waals surface area contributed by atoms with E-state index in [0.717, 1.165) is 17.1 Å². The molecule has 0 saturated heterocycles. The standard InChI is InChI=1S/C9H13N3S/c1-9(2,11)5-7-6-13-8(12-7)3-4-10/h6H,3,5,11H2,1-2H3. The quantitative estimate of drug-likeness (QED) is 0.794. The molecular formula is C9H13N3S. The third kappa shape index (κ3) is 3.53. The first-order valence-corrected chi connectivity index (χ1v) is 4.98. The maximum absolute atomic E-state index is 8.45. The largest absolute Gasteiger partial charge is 0.325 e. The number of thiazole rings is 1. The van der Waals surface area contributed by atoms with E-state index in [1.165, 1.54) is 11.3 Å². The van der Waals surface area contributed by atoms with Crippen LogP contribution in [-0.2, 0) is 12.8 Å². The third-order valence-corrected chi connectivity index (χ3v) is 2.36. The monoisotopic (exact) mass is 195 g/mol. The Morgan fingerprint density at radius 1 is 1.69 bits per heavy atom. The van der Waals surface area contributed by atoms with E-state index in [1.54, 1.807) is 0 Å². The summed E-state index contributed by atoms with van der Waals surface area (Å²) in [5.74, 6) is 0. The zero-order chi connectivity index (χ0) is 9.90. The van der Waals surface area contributed by atoms with Gasteiger partial charge in [-0.25, -0.2) is 4.98 Å². The average Bonchev–Trinajstić information content (AvgIpc) is 2.33. The van der Waals surface area contributed by atoms with Crippen LogP contribution >= 0.6 is 11.3 Å². The minimum Gasteiger partial charge on any atom is -0.325 e. The molecular weight excluding hydrogens is 182 g/mol. The predicted molar refractivity (Wildman–Crippen MR) is 53.4 cm³/mol. The Labute approximate surface area is 82.2 Å². The van der Waals surface area contributed by atoms with Gasteiger partial charge in [0.15, 0.2) is 0 Å². The Kier molecular flexibility index (Phi) is 3.02. The molecule has 0 radical (unpaired) electrons. The first-order valence-electron chi connectivity index (χ1n) is 4.10. The van der Waals surface area contributed by atoms with E-state index in [4.69, 9.17) is 11.0 Å². The van der Waals surface area contributed by atoms with Crippen LogP contribution in [0.5, 0.6) is 0 Å². The van der Waals surface area contributed by atoms with Gasteiger partial charge in [-0.05, 0) is 13.8 Å².